The normalized spacial score (nSPS) is 12.0. The summed E-state index contributed by atoms with van der Waals surface area (Å²) in [5.74, 6) is -1.28. The first kappa shape index (κ1) is 17.0. The minimum atomic E-state index is -0.748. The molecule has 2 N–H and O–H groups in total. The summed E-state index contributed by atoms with van der Waals surface area (Å²) in [7, 11) is 0. The van der Waals surface area contributed by atoms with Crippen molar-refractivity contribution in [2.45, 2.75) is 26.7 Å². The number of non-ortho nitro benzene ring substituents is 1. The Morgan fingerprint density at radius 3 is 2.76 bits per heavy atom. The molecule has 1 rings (SSSR count). The fourth-order valence-corrected chi connectivity index (χ4v) is 1.86. The summed E-state index contributed by atoms with van der Waals surface area (Å²) in [4.78, 5) is 22.0. The number of amides is 1. The molecule has 1 aromatic carbocycles. The van der Waals surface area contributed by atoms with E-state index in [1.807, 2.05) is 6.92 Å². The maximum absolute atomic E-state index is 13.9. The third kappa shape index (κ3) is 4.78. The maximum Gasteiger partial charge on any atom is 0.270 e. The highest BCUT2D eigenvalue weighted by Crippen LogP contribution is 2.21. The van der Waals surface area contributed by atoms with Gasteiger partial charge in [0.25, 0.3) is 11.6 Å². The predicted octanol–water partition coefficient (Wildman–Crippen LogP) is 2.18. The Kier molecular flexibility index (Phi) is 6.23. The molecular formula is C14H19FN2O4. The molecule has 1 unspecified atom stereocenters. The van der Waals surface area contributed by atoms with E-state index in [0.29, 0.717) is 13.0 Å². The van der Waals surface area contributed by atoms with Gasteiger partial charge in [0.1, 0.15) is 5.82 Å². The van der Waals surface area contributed by atoms with Crippen molar-refractivity contribution in [1.82, 2.24) is 5.32 Å². The maximum atomic E-state index is 13.9. The average molecular weight is 298 g/mol. The molecule has 0 fully saturated rings. The molecule has 0 saturated heterocycles. The zero-order chi connectivity index (χ0) is 16.0. The number of halogens is 1. The summed E-state index contributed by atoms with van der Waals surface area (Å²) in [5, 5.41) is 22.1. The number of nitro benzene ring substituents is 1. The lowest BCUT2D eigenvalue weighted by Crippen LogP contribution is -2.26. The van der Waals surface area contributed by atoms with E-state index in [1.165, 1.54) is 6.92 Å². The number of rotatable bonds is 7. The van der Waals surface area contributed by atoms with Gasteiger partial charge < -0.3 is 10.4 Å². The molecule has 0 bridgehead atoms. The van der Waals surface area contributed by atoms with Crippen LogP contribution in [0.2, 0.25) is 0 Å². The molecule has 1 atom stereocenters. The molecule has 0 aliphatic rings. The fraction of sp³-hybridized carbons (Fsp3) is 0.500. The number of nitrogens with one attached hydrogen (secondary N) is 1. The Hall–Kier alpha value is -2.02. The van der Waals surface area contributed by atoms with Gasteiger partial charge in [-0.25, -0.2) is 4.39 Å². The first-order valence-electron chi connectivity index (χ1n) is 6.70. The first-order chi connectivity index (χ1) is 9.86. The van der Waals surface area contributed by atoms with Crippen LogP contribution in [0.25, 0.3) is 0 Å². The van der Waals surface area contributed by atoms with Gasteiger partial charge >= 0.3 is 0 Å². The Bertz CT molecular complexity index is 534. The van der Waals surface area contributed by atoms with Crippen molar-refractivity contribution in [3.05, 3.63) is 39.2 Å². The SMILES string of the molecule is Cc1cc([N+](=O)[O-])cc(C(=O)NCCCC(C)CO)c1F. The fourth-order valence-electron chi connectivity index (χ4n) is 1.86. The zero-order valence-corrected chi connectivity index (χ0v) is 12.1. The van der Waals surface area contributed by atoms with Gasteiger partial charge in [0.05, 0.1) is 10.5 Å². The topological polar surface area (TPSA) is 92.5 Å². The Balaban J connectivity index is 2.71. The van der Waals surface area contributed by atoms with Crippen LogP contribution in [0.1, 0.15) is 35.7 Å². The molecule has 0 aromatic heterocycles. The quantitative estimate of drug-likeness (QED) is 0.458. The number of aryl methyl sites for hydroxylation is 1. The molecule has 0 heterocycles. The molecule has 6 nitrogen and oxygen atoms in total. The second-order valence-electron chi connectivity index (χ2n) is 5.07. The van der Waals surface area contributed by atoms with Gasteiger partial charge in [0.2, 0.25) is 0 Å². The number of hydrogen-bond acceptors (Lipinski definition) is 4. The molecule has 1 aromatic rings. The lowest BCUT2D eigenvalue weighted by Gasteiger charge is -2.09. The Morgan fingerprint density at radius 1 is 1.52 bits per heavy atom. The standard InChI is InChI=1S/C14H19FN2O4/c1-9(8-18)4-3-5-16-14(19)12-7-11(17(20)21)6-10(2)13(12)15/h6-7,9,18H,3-5,8H2,1-2H3,(H,16,19). The third-order valence-electron chi connectivity index (χ3n) is 3.17. The Labute approximate surface area is 122 Å². The first-order valence-corrected chi connectivity index (χ1v) is 6.70. The zero-order valence-electron chi connectivity index (χ0n) is 12.1. The second kappa shape index (κ2) is 7.68. The summed E-state index contributed by atoms with van der Waals surface area (Å²) in [6, 6.07) is 2.03. The summed E-state index contributed by atoms with van der Waals surface area (Å²) < 4.78 is 13.9. The van der Waals surface area contributed by atoms with Gasteiger partial charge in [-0.05, 0) is 31.2 Å². The number of carbonyl (C=O) groups excluding carboxylic acids is 1. The van der Waals surface area contributed by atoms with E-state index in [9.17, 15) is 19.3 Å². The molecule has 21 heavy (non-hydrogen) atoms. The Morgan fingerprint density at radius 2 is 2.19 bits per heavy atom. The highest BCUT2D eigenvalue weighted by atomic mass is 19.1. The minimum absolute atomic E-state index is 0.0586. The largest absolute Gasteiger partial charge is 0.396 e. The van der Waals surface area contributed by atoms with E-state index in [4.69, 9.17) is 5.11 Å². The predicted molar refractivity (Wildman–Crippen MR) is 75.6 cm³/mol. The van der Waals surface area contributed by atoms with Crippen molar-refractivity contribution in [2.24, 2.45) is 5.92 Å². The summed E-state index contributed by atoms with van der Waals surface area (Å²) in [5.41, 5.74) is -0.576. The second-order valence-corrected chi connectivity index (χ2v) is 5.07. The van der Waals surface area contributed by atoms with Crippen molar-refractivity contribution in [1.29, 1.82) is 0 Å². The highest BCUT2D eigenvalue weighted by molar-refractivity contribution is 5.95. The van der Waals surface area contributed by atoms with Crippen LogP contribution in [-0.2, 0) is 0 Å². The molecule has 7 heteroatoms. The van der Waals surface area contributed by atoms with Gasteiger partial charge in [-0.1, -0.05) is 6.92 Å². The number of nitrogens with zero attached hydrogens (tertiary/aromatic N) is 1. The number of hydrogen-bond donors (Lipinski definition) is 2. The molecule has 0 aliphatic heterocycles. The van der Waals surface area contributed by atoms with E-state index in [0.717, 1.165) is 18.6 Å². The highest BCUT2D eigenvalue weighted by Gasteiger charge is 2.19. The number of nitro groups is 1. The molecule has 0 radical (unpaired) electrons. The molecule has 0 saturated carbocycles. The van der Waals surface area contributed by atoms with Crippen LogP contribution >= 0.6 is 0 Å². The smallest absolute Gasteiger partial charge is 0.270 e. The van der Waals surface area contributed by atoms with Crippen molar-refractivity contribution in [3.8, 4) is 0 Å². The van der Waals surface area contributed by atoms with Gasteiger partial charge in [0, 0.05) is 25.3 Å². The van der Waals surface area contributed by atoms with Crippen LogP contribution in [-0.4, -0.2) is 29.1 Å². The van der Waals surface area contributed by atoms with E-state index in [-0.39, 0.29) is 29.3 Å². The summed E-state index contributed by atoms with van der Waals surface area (Å²) in [6.07, 6.45) is 1.37. The molecule has 0 aliphatic carbocycles. The van der Waals surface area contributed by atoms with Crippen molar-refractivity contribution < 1.29 is 19.2 Å². The van der Waals surface area contributed by atoms with Crippen LogP contribution in [0.15, 0.2) is 12.1 Å². The number of carbonyl (C=O) groups is 1. The van der Waals surface area contributed by atoms with E-state index in [1.54, 1.807) is 0 Å². The third-order valence-corrected chi connectivity index (χ3v) is 3.17. The van der Waals surface area contributed by atoms with Crippen molar-refractivity contribution in [3.63, 3.8) is 0 Å². The van der Waals surface area contributed by atoms with E-state index < -0.39 is 16.6 Å². The average Bonchev–Trinajstić information content (AvgIpc) is 2.45. The van der Waals surface area contributed by atoms with Crippen LogP contribution in [0.4, 0.5) is 10.1 Å². The number of aliphatic hydroxyl groups excluding tert-OH is 1. The van der Waals surface area contributed by atoms with Crippen LogP contribution in [0.5, 0.6) is 0 Å². The monoisotopic (exact) mass is 298 g/mol. The van der Waals surface area contributed by atoms with Crippen molar-refractivity contribution >= 4 is 11.6 Å². The molecular weight excluding hydrogens is 279 g/mol. The molecule has 1 amide bonds. The minimum Gasteiger partial charge on any atom is -0.396 e. The van der Waals surface area contributed by atoms with Gasteiger partial charge in [-0.2, -0.15) is 0 Å². The van der Waals surface area contributed by atoms with E-state index in [2.05, 4.69) is 5.32 Å². The molecule has 0 spiro atoms. The summed E-state index contributed by atoms with van der Waals surface area (Å²) >= 11 is 0. The van der Waals surface area contributed by atoms with Crippen LogP contribution in [0, 0.1) is 28.8 Å². The van der Waals surface area contributed by atoms with E-state index >= 15 is 0 Å². The van der Waals surface area contributed by atoms with Gasteiger partial charge in [0.15, 0.2) is 0 Å². The lowest BCUT2D eigenvalue weighted by atomic mass is 10.1. The summed E-state index contributed by atoms with van der Waals surface area (Å²) in [6.45, 7) is 3.66. The van der Waals surface area contributed by atoms with Crippen LogP contribution < -0.4 is 5.32 Å². The number of aliphatic hydroxyl groups is 1. The number of benzene rings is 1. The van der Waals surface area contributed by atoms with Gasteiger partial charge in [-0.15, -0.1) is 0 Å². The van der Waals surface area contributed by atoms with Crippen LogP contribution in [0.3, 0.4) is 0 Å². The lowest BCUT2D eigenvalue weighted by molar-refractivity contribution is -0.385. The molecule has 116 valence electrons. The van der Waals surface area contributed by atoms with Crippen molar-refractivity contribution in [2.75, 3.05) is 13.2 Å². The van der Waals surface area contributed by atoms with Gasteiger partial charge in [-0.3, -0.25) is 14.9 Å².